The van der Waals surface area contributed by atoms with Crippen molar-refractivity contribution in [1.82, 2.24) is 5.32 Å². The van der Waals surface area contributed by atoms with Gasteiger partial charge in [0.05, 0.1) is 0 Å². The fraction of sp³-hybridized carbons (Fsp3) is 0.267. The monoisotopic (exact) mass is 327 g/mol. The zero-order valence-electron chi connectivity index (χ0n) is 11.6. The number of carboxylic acids is 1. The Hall–Kier alpha value is -1.49. The van der Waals surface area contributed by atoms with E-state index in [0.717, 1.165) is 11.1 Å². The number of nitrogens with one attached hydrogen (secondary N) is 1. The van der Waals surface area contributed by atoms with E-state index in [0.29, 0.717) is 22.4 Å². The van der Waals surface area contributed by atoms with E-state index in [2.05, 4.69) is 5.32 Å². The van der Waals surface area contributed by atoms with Gasteiger partial charge in [0.2, 0.25) is 5.76 Å². The van der Waals surface area contributed by atoms with Crippen LogP contribution in [0.2, 0.25) is 10.0 Å². The minimum Gasteiger partial charge on any atom is -0.475 e. The first-order valence-corrected chi connectivity index (χ1v) is 7.15. The van der Waals surface area contributed by atoms with Crippen molar-refractivity contribution < 1.29 is 14.3 Å². The Bertz CT molecular complexity index is 667. The summed E-state index contributed by atoms with van der Waals surface area (Å²) in [5.74, 6) is -0.533. The molecule has 1 heterocycles. The molecule has 0 amide bonds. The smallest absolute Gasteiger partial charge is 0.371 e. The Labute approximate surface area is 132 Å². The summed E-state index contributed by atoms with van der Waals surface area (Å²) >= 11 is 12.0. The molecule has 2 N–H and O–H groups in total. The minimum absolute atomic E-state index is 0.00246. The van der Waals surface area contributed by atoms with Crippen LogP contribution in [0.15, 0.2) is 28.7 Å². The van der Waals surface area contributed by atoms with Crippen LogP contribution in [0.5, 0.6) is 0 Å². The maximum Gasteiger partial charge on any atom is 0.371 e. The van der Waals surface area contributed by atoms with Crippen LogP contribution in [0.1, 0.15) is 40.4 Å². The lowest BCUT2D eigenvalue weighted by Gasteiger charge is -2.15. The van der Waals surface area contributed by atoms with Crippen LogP contribution < -0.4 is 5.32 Å². The number of rotatable bonds is 5. The van der Waals surface area contributed by atoms with Crippen molar-refractivity contribution in [2.45, 2.75) is 26.4 Å². The highest BCUT2D eigenvalue weighted by Crippen LogP contribution is 2.26. The summed E-state index contributed by atoms with van der Waals surface area (Å²) in [5.41, 5.74) is 1.74. The van der Waals surface area contributed by atoms with Gasteiger partial charge in [-0.15, -0.1) is 0 Å². The van der Waals surface area contributed by atoms with Crippen molar-refractivity contribution in [3.05, 3.63) is 57.0 Å². The van der Waals surface area contributed by atoms with Crippen molar-refractivity contribution in [2.24, 2.45) is 0 Å². The molecule has 0 fully saturated rings. The molecule has 0 saturated heterocycles. The van der Waals surface area contributed by atoms with Crippen molar-refractivity contribution in [3.63, 3.8) is 0 Å². The Morgan fingerprint density at radius 3 is 2.67 bits per heavy atom. The molecule has 0 spiro atoms. The molecular formula is C15H15Cl2NO3. The molecule has 0 aliphatic heterocycles. The van der Waals surface area contributed by atoms with Gasteiger partial charge in [-0.2, -0.15) is 0 Å². The van der Waals surface area contributed by atoms with E-state index in [-0.39, 0.29) is 11.8 Å². The fourth-order valence-corrected chi connectivity index (χ4v) is 2.60. The molecule has 0 bridgehead atoms. The van der Waals surface area contributed by atoms with E-state index in [1.54, 1.807) is 19.1 Å². The molecule has 0 radical (unpaired) electrons. The molecule has 0 saturated carbocycles. The summed E-state index contributed by atoms with van der Waals surface area (Å²) < 4.78 is 5.17. The van der Waals surface area contributed by atoms with Crippen LogP contribution in [-0.4, -0.2) is 11.1 Å². The van der Waals surface area contributed by atoms with E-state index in [9.17, 15) is 4.79 Å². The van der Waals surface area contributed by atoms with Gasteiger partial charge in [0.1, 0.15) is 5.76 Å². The summed E-state index contributed by atoms with van der Waals surface area (Å²) in [7, 11) is 0. The third kappa shape index (κ3) is 3.79. The summed E-state index contributed by atoms with van der Waals surface area (Å²) in [6.45, 7) is 4.20. The van der Waals surface area contributed by atoms with Crippen LogP contribution in [0.3, 0.4) is 0 Å². The number of halogens is 2. The Balaban J connectivity index is 2.07. The number of carbonyl (C=O) groups is 1. The van der Waals surface area contributed by atoms with Gasteiger partial charge in [0, 0.05) is 28.2 Å². The topological polar surface area (TPSA) is 62.5 Å². The van der Waals surface area contributed by atoms with E-state index < -0.39 is 5.97 Å². The van der Waals surface area contributed by atoms with Crippen molar-refractivity contribution in [1.29, 1.82) is 0 Å². The second kappa shape index (κ2) is 6.52. The lowest BCUT2D eigenvalue weighted by atomic mass is 10.1. The second-order valence-corrected chi connectivity index (χ2v) is 5.61. The normalized spacial score (nSPS) is 12.4. The van der Waals surface area contributed by atoms with Gasteiger partial charge in [-0.3, -0.25) is 0 Å². The molecule has 21 heavy (non-hydrogen) atoms. The maximum absolute atomic E-state index is 10.9. The lowest BCUT2D eigenvalue weighted by molar-refractivity contribution is 0.0661. The molecule has 0 aliphatic rings. The quantitative estimate of drug-likeness (QED) is 0.851. The third-order valence-electron chi connectivity index (χ3n) is 3.26. The number of aromatic carboxylic acids is 1. The van der Waals surface area contributed by atoms with E-state index in [4.69, 9.17) is 32.7 Å². The summed E-state index contributed by atoms with van der Waals surface area (Å²) in [5, 5.41) is 13.4. The van der Waals surface area contributed by atoms with E-state index >= 15 is 0 Å². The van der Waals surface area contributed by atoms with Crippen molar-refractivity contribution in [2.75, 3.05) is 0 Å². The molecule has 6 heteroatoms. The largest absolute Gasteiger partial charge is 0.475 e. The summed E-state index contributed by atoms with van der Waals surface area (Å²) in [6, 6.07) is 6.88. The van der Waals surface area contributed by atoms with Gasteiger partial charge < -0.3 is 14.8 Å². The molecule has 0 aliphatic carbocycles. The first-order chi connectivity index (χ1) is 9.88. The zero-order chi connectivity index (χ0) is 15.6. The highest BCUT2D eigenvalue weighted by Gasteiger charge is 2.15. The van der Waals surface area contributed by atoms with Gasteiger partial charge in [-0.25, -0.2) is 4.79 Å². The van der Waals surface area contributed by atoms with Gasteiger partial charge in [-0.1, -0.05) is 29.3 Å². The van der Waals surface area contributed by atoms with Gasteiger partial charge in [0.25, 0.3) is 0 Å². The third-order valence-corrected chi connectivity index (χ3v) is 3.82. The summed E-state index contributed by atoms with van der Waals surface area (Å²) in [4.78, 5) is 10.9. The van der Waals surface area contributed by atoms with Crippen LogP contribution >= 0.6 is 23.2 Å². The molecule has 1 aromatic heterocycles. The molecule has 2 rings (SSSR count). The Kier molecular flexibility index (Phi) is 4.93. The zero-order valence-corrected chi connectivity index (χ0v) is 13.1. The molecule has 112 valence electrons. The predicted molar refractivity (Wildman–Crippen MR) is 82.1 cm³/mol. The number of carboxylic acid groups (broad SMARTS) is 1. The lowest BCUT2D eigenvalue weighted by Crippen LogP contribution is -2.18. The van der Waals surface area contributed by atoms with E-state index in [1.807, 2.05) is 13.0 Å². The predicted octanol–water partition coefficient (Wildman–Crippen LogP) is 4.44. The van der Waals surface area contributed by atoms with Crippen LogP contribution in [0.4, 0.5) is 0 Å². The SMILES string of the molecule is Cc1oc(C(=O)O)cc1CNC(C)c1ccc(Cl)cc1Cl. The number of furan rings is 1. The number of hydrogen-bond acceptors (Lipinski definition) is 3. The Morgan fingerprint density at radius 2 is 2.10 bits per heavy atom. The standard InChI is InChI=1S/C15H15Cl2NO3/c1-8(12-4-3-11(16)6-13(12)17)18-7-10-5-14(15(19)20)21-9(10)2/h3-6,8,18H,7H2,1-2H3,(H,19,20). The van der Waals surface area contributed by atoms with Gasteiger partial charge >= 0.3 is 5.97 Å². The molecule has 1 atom stereocenters. The fourth-order valence-electron chi connectivity index (χ4n) is 2.03. The van der Waals surface area contributed by atoms with Crippen molar-refractivity contribution >= 4 is 29.2 Å². The maximum atomic E-state index is 10.9. The molecule has 1 aromatic carbocycles. The highest BCUT2D eigenvalue weighted by molar-refractivity contribution is 6.35. The first kappa shape index (κ1) is 15.9. The molecule has 2 aromatic rings. The van der Waals surface area contributed by atoms with Gasteiger partial charge in [0.15, 0.2) is 0 Å². The highest BCUT2D eigenvalue weighted by atomic mass is 35.5. The molecule has 1 unspecified atom stereocenters. The van der Waals surface area contributed by atoms with Crippen LogP contribution in [-0.2, 0) is 6.54 Å². The van der Waals surface area contributed by atoms with Gasteiger partial charge in [-0.05, 0) is 37.6 Å². The first-order valence-electron chi connectivity index (χ1n) is 6.39. The van der Waals surface area contributed by atoms with Crippen molar-refractivity contribution in [3.8, 4) is 0 Å². The number of hydrogen-bond donors (Lipinski definition) is 2. The van der Waals surface area contributed by atoms with Crippen LogP contribution in [0, 0.1) is 6.92 Å². The average Bonchev–Trinajstić information content (AvgIpc) is 2.77. The number of benzene rings is 1. The summed E-state index contributed by atoms with van der Waals surface area (Å²) in [6.07, 6.45) is 0. The second-order valence-electron chi connectivity index (χ2n) is 4.77. The average molecular weight is 328 g/mol. The molecule has 4 nitrogen and oxygen atoms in total. The van der Waals surface area contributed by atoms with E-state index in [1.165, 1.54) is 6.07 Å². The van der Waals surface area contributed by atoms with Crippen LogP contribution in [0.25, 0.3) is 0 Å². The minimum atomic E-state index is -1.07. The Morgan fingerprint density at radius 1 is 1.38 bits per heavy atom. The number of aryl methyl sites for hydroxylation is 1. The molecular weight excluding hydrogens is 313 g/mol.